The van der Waals surface area contributed by atoms with E-state index in [4.69, 9.17) is 9.84 Å². The molecule has 0 aliphatic carbocycles. The zero-order valence-corrected chi connectivity index (χ0v) is 9.09. The van der Waals surface area contributed by atoms with Crippen LogP contribution in [0.3, 0.4) is 0 Å². The molecular formula is C9H20N2O3. The highest BCUT2D eigenvalue weighted by atomic mass is 16.5. The van der Waals surface area contributed by atoms with Crippen LogP contribution in [-0.2, 0) is 4.74 Å². The Morgan fingerprint density at radius 2 is 2.00 bits per heavy atom. The summed E-state index contributed by atoms with van der Waals surface area (Å²) in [4.78, 5) is 11.2. The molecule has 0 rings (SSSR count). The van der Waals surface area contributed by atoms with Gasteiger partial charge in [-0.2, -0.15) is 0 Å². The summed E-state index contributed by atoms with van der Waals surface area (Å²) in [5.41, 5.74) is -0.226. The van der Waals surface area contributed by atoms with Crippen LogP contribution in [0.25, 0.3) is 0 Å². The van der Waals surface area contributed by atoms with Crippen molar-refractivity contribution in [1.29, 1.82) is 0 Å². The highest BCUT2D eigenvalue weighted by Crippen LogP contribution is 1.96. The minimum absolute atomic E-state index is 0.00812. The van der Waals surface area contributed by atoms with Gasteiger partial charge in [0.05, 0.1) is 19.8 Å². The van der Waals surface area contributed by atoms with Crippen molar-refractivity contribution in [3.05, 3.63) is 0 Å². The number of hydrogen-bond donors (Lipinski definition) is 3. The summed E-state index contributed by atoms with van der Waals surface area (Å²) < 4.78 is 4.97. The topological polar surface area (TPSA) is 70.6 Å². The van der Waals surface area contributed by atoms with Crippen LogP contribution < -0.4 is 10.6 Å². The van der Waals surface area contributed by atoms with Gasteiger partial charge in [-0.25, -0.2) is 4.79 Å². The number of ether oxygens (including phenoxy) is 1. The summed E-state index contributed by atoms with van der Waals surface area (Å²) in [6.45, 7) is 6.91. The van der Waals surface area contributed by atoms with Gasteiger partial charge in [-0.05, 0) is 20.8 Å². The Balaban J connectivity index is 3.36. The molecule has 14 heavy (non-hydrogen) atoms. The number of carbonyl (C=O) groups excluding carboxylic acids is 1. The number of nitrogens with one attached hydrogen (secondary N) is 2. The maximum Gasteiger partial charge on any atom is 0.315 e. The van der Waals surface area contributed by atoms with Crippen LogP contribution in [0.2, 0.25) is 0 Å². The number of hydrogen-bond acceptors (Lipinski definition) is 3. The molecule has 0 atom stereocenters. The number of aliphatic hydroxyl groups excluding tert-OH is 1. The van der Waals surface area contributed by atoms with E-state index in [0.717, 1.165) is 0 Å². The quantitative estimate of drug-likeness (QED) is 0.556. The van der Waals surface area contributed by atoms with E-state index in [-0.39, 0.29) is 18.2 Å². The molecule has 0 heterocycles. The monoisotopic (exact) mass is 204 g/mol. The van der Waals surface area contributed by atoms with Crippen molar-refractivity contribution in [1.82, 2.24) is 10.6 Å². The summed E-state index contributed by atoms with van der Waals surface area (Å²) in [5, 5.41) is 13.8. The predicted molar refractivity (Wildman–Crippen MR) is 54.2 cm³/mol. The maximum atomic E-state index is 11.2. The normalized spacial score (nSPS) is 11.1. The van der Waals surface area contributed by atoms with E-state index in [1.165, 1.54) is 0 Å². The molecule has 84 valence electrons. The fourth-order valence-corrected chi connectivity index (χ4v) is 0.788. The number of carbonyl (C=O) groups is 1. The average molecular weight is 204 g/mol. The van der Waals surface area contributed by atoms with Crippen LogP contribution in [0.1, 0.15) is 20.8 Å². The first-order chi connectivity index (χ1) is 6.45. The van der Waals surface area contributed by atoms with E-state index in [0.29, 0.717) is 19.8 Å². The van der Waals surface area contributed by atoms with Crippen LogP contribution in [0.15, 0.2) is 0 Å². The lowest BCUT2D eigenvalue weighted by molar-refractivity contribution is 0.0946. The molecule has 5 heteroatoms. The molecule has 0 aromatic carbocycles. The molecule has 0 aliphatic heterocycles. The Bertz CT molecular complexity index is 166. The van der Waals surface area contributed by atoms with Crippen molar-refractivity contribution in [2.75, 3.05) is 26.4 Å². The summed E-state index contributed by atoms with van der Waals surface area (Å²) in [6.07, 6.45) is 0. The number of amides is 2. The first kappa shape index (κ1) is 13.2. The number of aliphatic hydroxyl groups is 1. The first-order valence-corrected chi connectivity index (χ1v) is 4.70. The van der Waals surface area contributed by atoms with Crippen LogP contribution in [-0.4, -0.2) is 43.0 Å². The second-order valence-corrected chi connectivity index (χ2v) is 3.97. The SMILES string of the molecule is CC(C)(C)NC(=O)NCCOCCO. The Hall–Kier alpha value is -0.810. The third-order valence-electron chi connectivity index (χ3n) is 1.26. The van der Waals surface area contributed by atoms with Crippen LogP contribution >= 0.6 is 0 Å². The molecule has 0 aromatic heterocycles. The Morgan fingerprint density at radius 1 is 1.36 bits per heavy atom. The van der Waals surface area contributed by atoms with Gasteiger partial charge in [0.2, 0.25) is 0 Å². The molecule has 2 amide bonds. The summed E-state index contributed by atoms with van der Waals surface area (Å²) in [7, 11) is 0. The summed E-state index contributed by atoms with van der Waals surface area (Å²) >= 11 is 0. The smallest absolute Gasteiger partial charge is 0.315 e. The third kappa shape index (κ3) is 9.28. The van der Waals surface area contributed by atoms with E-state index in [1.54, 1.807) is 0 Å². The van der Waals surface area contributed by atoms with Crippen molar-refractivity contribution in [3.63, 3.8) is 0 Å². The van der Waals surface area contributed by atoms with Gasteiger partial charge in [0.25, 0.3) is 0 Å². The van der Waals surface area contributed by atoms with Gasteiger partial charge in [-0.15, -0.1) is 0 Å². The van der Waals surface area contributed by atoms with Gasteiger partial charge in [-0.3, -0.25) is 0 Å². The zero-order chi connectivity index (χ0) is 11.0. The molecule has 0 aliphatic rings. The van der Waals surface area contributed by atoms with Gasteiger partial charge < -0.3 is 20.5 Å². The first-order valence-electron chi connectivity index (χ1n) is 4.70. The fraction of sp³-hybridized carbons (Fsp3) is 0.889. The summed E-state index contributed by atoms with van der Waals surface area (Å²) in [6, 6.07) is -0.204. The minimum Gasteiger partial charge on any atom is -0.394 e. The minimum atomic E-state index is -0.226. The van der Waals surface area contributed by atoms with E-state index < -0.39 is 0 Å². The van der Waals surface area contributed by atoms with Gasteiger partial charge in [0, 0.05) is 12.1 Å². The molecule has 0 aromatic rings. The van der Waals surface area contributed by atoms with Crippen molar-refractivity contribution in [2.45, 2.75) is 26.3 Å². The fourth-order valence-electron chi connectivity index (χ4n) is 0.788. The summed E-state index contributed by atoms with van der Waals surface area (Å²) in [5.74, 6) is 0. The zero-order valence-electron chi connectivity index (χ0n) is 9.09. The van der Waals surface area contributed by atoms with Crippen molar-refractivity contribution >= 4 is 6.03 Å². The highest BCUT2D eigenvalue weighted by molar-refractivity contribution is 5.74. The molecule has 0 bridgehead atoms. The largest absolute Gasteiger partial charge is 0.394 e. The van der Waals surface area contributed by atoms with Crippen molar-refractivity contribution < 1.29 is 14.6 Å². The van der Waals surface area contributed by atoms with E-state index >= 15 is 0 Å². The average Bonchev–Trinajstić information content (AvgIpc) is 2.00. The Labute approximate surface area is 84.8 Å². The Kier molecular flexibility index (Phi) is 6.23. The standard InChI is InChI=1S/C9H20N2O3/c1-9(2,3)11-8(13)10-4-6-14-7-5-12/h12H,4-7H2,1-3H3,(H2,10,11,13). The van der Waals surface area contributed by atoms with Crippen LogP contribution in [0.5, 0.6) is 0 Å². The highest BCUT2D eigenvalue weighted by Gasteiger charge is 2.12. The molecule has 0 radical (unpaired) electrons. The van der Waals surface area contributed by atoms with Gasteiger partial charge in [-0.1, -0.05) is 0 Å². The van der Waals surface area contributed by atoms with Crippen molar-refractivity contribution in [2.24, 2.45) is 0 Å². The third-order valence-corrected chi connectivity index (χ3v) is 1.26. The second-order valence-electron chi connectivity index (χ2n) is 3.97. The molecule has 0 saturated heterocycles. The predicted octanol–water partition coefficient (Wildman–Crippen LogP) is 0.0930. The lowest BCUT2D eigenvalue weighted by Gasteiger charge is -2.20. The Morgan fingerprint density at radius 3 is 2.50 bits per heavy atom. The molecule has 0 spiro atoms. The number of rotatable bonds is 5. The van der Waals surface area contributed by atoms with Gasteiger partial charge in [0.15, 0.2) is 0 Å². The second kappa shape index (κ2) is 6.62. The van der Waals surface area contributed by atoms with Crippen molar-refractivity contribution in [3.8, 4) is 0 Å². The van der Waals surface area contributed by atoms with E-state index in [2.05, 4.69) is 10.6 Å². The molecular weight excluding hydrogens is 184 g/mol. The van der Waals surface area contributed by atoms with Gasteiger partial charge in [0.1, 0.15) is 0 Å². The molecule has 5 nitrogen and oxygen atoms in total. The van der Waals surface area contributed by atoms with Crippen LogP contribution in [0, 0.1) is 0 Å². The molecule has 0 saturated carbocycles. The molecule has 3 N–H and O–H groups in total. The van der Waals surface area contributed by atoms with Crippen LogP contribution in [0.4, 0.5) is 4.79 Å². The lowest BCUT2D eigenvalue weighted by atomic mass is 10.1. The van der Waals surface area contributed by atoms with E-state index in [9.17, 15) is 4.79 Å². The lowest BCUT2D eigenvalue weighted by Crippen LogP contribution is -2.47. The molecule has 0 fully saturated rings. The maximum absolute atomic E-state index is 11.2. The van der Waals surface area contributed by atoms with E-state index in [1.807, 2.05) is 20.8 Å². The molecule has 0 unspecified atom stereocenters. The van der Waals surface area contributed by atoms with Gasteiger partial charge >= 0.3 is 6.03 Å². The number of urea groups is 1.